The molecule has 0 aliphatic carbocycles. The number of piperidine rings is 1. The predicted molar refractivity (Wildman–Crippen MR) is 92.6 cm³/mol. The molecule has 10 heteroatoms. The molecule has 1 fully saturated rings. The van der Waals surface area contributed by atoms with E-state index in [0.29, 0.717) is 31.7 Å². The van der Waals surface area contributed by atoms with Crippen LogP contribution in [0.1, 0.15) is 34.6 Å². The maximum Gasteiger partial charge on any atom is 0.433 e. The third kappa shape index (κ3) is 4.31. The number of nitrogens with zero attached hydrogens (tertiary/aromatic N) is 4. The molecule has 3 rings (SSSR count). The van der Waals surface area contributed by atoms with Gasteiger partial charge in [0.15, 0.2) is 0 Å². The molecule has 0 bridgehead atoms. The fraction of sp³-hybridized carbons (Fsp3) is 0.333. The number of alkyl halides is 3. The first-order valence-electron chi connectivity index (χ1n) is 8.43. The summed E-state index contributed by atoms with van der Waals surface area (Å²) < 4.78 is 44.7. The lowest BCUT2D eigenvalue weighted by Crippen LogP contribution is -2.39. The normalized spacial score (nSPS) is 15.1. The summed E-state index contributed by atoms with van der Waals surface area (Å²) >= 11 is 0. The maximum atomic E-state index is 12.9. The first kappa shape index (κ1) is 19.4. The van der Waals surface area contributed by atoms with E-state index in [1.165, 1.54) is 12.3 Å². The van der Waals surface area contributed by atoms with E-state index >= 15 is 0 Å². The monoisotopic (exact) mass is 391 g/mol. The van der Waals surface area contributed by atoms with Crippen LogP contribution in [0.3, 0.4) is 0 Å². The van der Waals surface area contributed by atoms with Gasteiger partial charge >= 0.3 is 6.18 Å². The van der Waals surface area contributed by atoms with Gasteiger partial charge in [-0.2, -0.15) is 18.4 Å². The number of hydrogen-bond donors (Lipinski definition) is 1. The molecule has 0 radical (unpaired) electrons. The van der Waals surface area contributed by atoms with Crippen LogP contribution in [0.4, 0.5) is 19.0 Å². The molecule has 146 valence electrons. The van der Waals surface area contributed by atoms with Crippen molar-refractivity contribution in [1.82, 2.24) is 9.97 Å². The lowest BCUT2D eigenvalue weighted by Gasteiger charge is -2.33. The second kappa shape index (κ2) is 7.72. The van der Waals surface area contributed by atoms with E-state index in [9.17, 15) is 23.2 Å². The molecule has 7 nitrogen and oxygen atoms in total. The fourth-order valence-electron chi connectivity index (χ4n) is 2.93. The first-order valence-corrected chi connectivity index (χ1v) is 8.43. The zero-order valence-electron chi connectivity index (χ0n) is 14.6. The quantitative estimate of drug-likeness (QED) is 0.859. The topological polar surface area (TPSA) is 105 Å². The number of pyridine rings is 2. The summed E-state index contributed by atoms with van der Waals surface area (Å²) in [6.07, 6.45) is -2.34. The van der Waals surface area contributed by atoms with Crippen molar-refractivity contribution in [3.63, 3.8) is 0 Å². The molecular formula is C18H16F3N5O2. The number of nitrogens with two attached hydrogens (primary N) is 1. The number of rotatable bonds is 4. The molecule has 0 saturated carbocycles. The van der Waals surface area contributed by atoms with Crippen LogP contribution in [-0.2, 0) is 6.18 Å². The van der Waals surface area contributed by atoms with Gasteiger partial charge < -0.3 is 15.4 Å². The van der Waals surface area contributed by atoms with E-state index in [-0.39, 0.29) is 23.2 Å². The van der Waals surface area contributed by atoms with Gasteiger partial charge in [-0.15, -0.1) is 0 Å². The predicted octanol–water partition coefficient (Wildman–Crippen LogP) is 2.51. The molecule has 28 heavy (non-hydrogen) atoms. The molecule has 0 spiro atoms. The summed E-state index contributed by atoms with van der Waals surface area (Å²) in [6, 6.07) is 6.86. The molecule has 2 aromatic rings. The molecule has 3 heterocycles. The van der Waals surface area contributed by atoms with Crippen LogP contribution in [0.25, 0.3) is 0 Å². The number of hydrogen-bond acceptors (Lipinski definition) is 6. The van der Waals surface area contributed by atoms with Crippen molar-refractivity contribution >= 4 is 11.7 Å². The van der Waals surface area contributed by atoms with Crippen LogP contribution >= 0.6 is 0 Å². The van der Waals surface area contributed by atoms with Gasteiger partial charge in [0.2, 0.25) is 0 Å². The number of nitriles is 1. The number of carbonyl (C=O) groups excluding carboxylic acids is 1. The van der Waals surface area contributed by atoms with E-state index in [0.717, 1.165) is 12.1 Å². The second-order valence-corrected chi connectivity index (χ2v) is 6.22. The van der Waals surface area contributed by atoms with Crippen molar-refractivity contribution < 1.29 is 22.7 Å². The standard InChI is InChI=1S/C18H16F3N5O2/c19-18(20,21)15-2-1-11(10-22)17(25-15)26-7-4-12(5-8-26)28-13-3-6-24-14(9-13)16(23)27/h1-3,6,9,12H,4-5,7-8H2,(H2,23,27). The third-order valence-corrected chi connectivity index (χ3v) is 4.31. The minimum Gasteiger partial charge on any atom is -0.490 e. The minimum absolute atomic E-state index is 0.0238. The molecule has 0 atom stereocenters. The van der Waals surface area contributed by atoms with Crippen LogP contribution in [0, 0.1) is 11.3 Å². The number of primary amides is 1. The molecular weight excluding hydrogens is 375 g/mol. The summed E-state index contributed by atoms with van der Waals surface area (Å²) in [7, 11) is 0. The highest BCUT2D eigenvalue weighted by atomic mass is 19.4. The first-order chi connectivity index (χ1) is 13.3. The smallest absolute Gasteiger partial charge is 0.433 e. The second-order valence-electron chi connectivity index (χ2n) is 6.22. The van der Waals surface area contributed by atoms with E-state index in [4.69, 9.17) is 10.5 Å². The molecule has 1 aliphatic rings. The number of ether oxygens (including phenoxy) is 1. The van der Waals surface area contributed by atoms with Gasteiger partial charge in [0.25, 0.3) is 5.91 Å². The molecule has 2 aromatic heterocycles. The largest absolute Gasteiger partial charge is 0.490 e. The summed E-state index contributed by atoms with van der Waals surface area (Å²) in [4.78, 5) is 20.3. The van der Waals surface area contributed by atoms with E-state index < -0.39 is 17.8 Å². The van der Waals surface area contributed by atoms with E-state index in [1.807, 2.05) is 6.07 Å². The summed E-state index contributed by atoms with van der Waals surface area (Å²) in [6.45, 7) is 0.753. The summed E-state index contributed by atoms with van der Waals surface area (Å²) in [5, 5.41) is 9.19. The van der Waals surface area contributed by atoms with E-state index in [1.54, 1.807) is 11.0 Å². The fourth-order valence-corrected chi connectivity index (χ4v) is 2.93. The van der Waals surface area contributed by atoms with Gasteiger partial charge in [0.05, 0.1) is 5.56 Å². The Bertz CT molecular complexity index is 918. The van der Waals surface area contributed by atoms with Gasteiger partial charge in [0, 0.05) is 38.2 Å². The van der Waals surface area contributed by atoms with Crippen LogP contribution in [0.5, 0.6) is 5.75 Å². The number of aromatic nitrogens is 2. The van der Waals surface area contributed by atoms with Crippen molar-refractivity contribution in [2.24, 2.45) is 5.73 Å². The Morgan fingerprint density at radius 3 is 2.61 bits per heavy atom. The molecule has 0 aromatic carbocycles. The third-order valence-electron chi connectivity index (χ3n) is 4.31. The molecule has 1 amide bonds. The van der Waals surface area contributed by atoms with Crippen molar-refractivity contribution in [1.29, 1.82) is 5.26 Å². The Labute approximate surface area is 158 Å². The Hall–Kier alpha value is -3.35. The Morgan fingerprint density at radius 2 is 2.00 bits per heavy atom. The minimum atomic E-state index is -4.58. The Kier molecular flexibility index (Phi) is 5.35. The Balaban J connectivity index is 1.70. The lowest BCUT2D eigenvalue weighted by molar-refractivity contribution is -0.141. The van der Waals surface area contributed by atoms with Crippen LogP contribution in [-0.4, -0.2) is 35.1 Å². The maximum absolute atomic E-state index is 12.9. The van der Waals surface area contributed by atoms with Gasteiger partial charge in [-0.05, 0) is 18.2 Å². The van der Waals surface area contributed by atoms with Crippen LogP contribution in [0.2, 0.25) is 0 Å². The Morgan fingerprint density at radius 1 is 1.29 bits per heavy atom. The highest BCUT2D eigenvalue weighted by Gasteiger charge is 2.34. The molecule has 0 unspecified atom stereocenters. The average Bonchev–Trinajstić information content (AvgIpc) is 2.67. The zero-order chi connectivity index (χ0) is 20.3. The number of halogens is 3. The van der Waals surface area contributed by atoms with Crippen molar-refractivity contribution in [2.75, 3.05) is 18.0 Å². The van der Waals surface area contributed by atoms with Crippen molar-refractivity contribution in [3.8, 4) is 11.8 Å². The van der Waals surface area contributed by atoms with Crippen molar-refractivity contribution in [3.05, 3.63) is 47.4 Å². The molecule has 2 N–H and O–H groups in total. The zero-order valence-corrected chi connectivity index (χ0v) is 14.6. The van der Waals surface area contributed by atoms with Gasteiger partial charge in [-0.25, -0.2) is 4.98 Å². The SMILES string of the molecule is N#Cc1ccc(C(F)(F)F)nc1N1CCC(Oc2ccnc(C(N)=O)c2)CC1. The van der Waals surface area contributed by atoms with Gasteiger partial charge in [-0.1, -0.05) is 0 Å². The molecule has 1 aliphatic heterocycles. The highest BCUT2D eigenvalue weighted by Crippen LogP contribution is 2.31. The van der Waals surface area contributed by atoms with Gasteiger partial charge in [0.1, 0.15) is 35.1 Å². The number of amides is 1. The summed E-state index contributed by atoms with van der Waals surface area (Å²) in [5.74, 6) is -0.201. The average molecular weight is 391 g/mol. The van der Waals surface area contributed by atoms with Crippen molar-refractivity contribution in [2.45, 2.75) is 25.1 Å². The van der Waals surface area contributed by atoms with E-state index in [2.05, 4.69) is 9.97 Å². The van der Waals surface area contributed by atoms with Gasteiger partial charge in [-0.3, -0.25) is 9.78 Å². The van der Waals surface area contributed by atoms with Crippen LogP contribution in [0.15, 0.2) is 30.5 Å². The highest BCUT2D eigenvalue weighted by molar-refractivity contribution is 5.91. The van der Waals surface area contributed by atoms with Crippen LogP contribution < -0.4 is 15.4 Å². The number of anilines is 1. The number of carbonyl (C=O) groups is 1. The summed E-state index contributed by atoms with van der Waals surface area (Å²) in [5.41, 5.74) is 4.33. The molecule has 1 saturated heterocycles. The lowest BCUT2D eigenvalue weighted by atomic mass is 10.1.